The van der Waals surface area contributed by atoms with Crippen LogP contribution < -0.4 is 5.73 Å². The van der Waals surface area contributed by atoms with Gasteiger partial charge in [-0.1, -0.05) is 0 Å². The molecule has 1 heterocycles. The van der Waals surface area contributed by atoms with Crippen molar-refractivity contribution in [2.45, 2.75) is 38.3 Å². The second-order valence-electron chi connectivity index (χ2n) is 3.67. The maximum Gasteiger partial charge on any atom is 0.307 e. The predicted molar refractivity (Wildman–Crippen MR) is 48.2 cm³/mol. The van der Waals surface area contributed by atoms with Crippen LogP contribution in [-0.4, -0.2) is 30.8 Å². The second kappa shape index (κ2) is 4.07. The van der Waals surface area contributed by atoms with Crippen molar-refractivity contribution in [1.29, 1.82) is 0 Å². The van der Waals surface area contributed by atoms with Crippen molar-refractivity contribution < 1.29 is 14.3 Å². The van der Waals surface area contributed by atoms with Crippen molar-refractivity contribution >= 4 is 5.97 Å². The quantitative estimate of drug-likeness (QED) is 0.651. The minimum absolute atomic E-state index is 0.152. The first-order valence-electron chi connectivity index (χ1n) is 4.62. The second-order valence-corrected chi connectivity index (χ2v) is 3.67. The average Bonchev–Trinajstić information content (AvgIpc) is 2.30. The Kier molecular flexibility index (Phi) is 3.27. The molecule has 1 rings (SSSR count). The normalized spacial score (nSPS) is 33.3. The van der Waals surface area contributed by atoms with Gasteiger partial charge in [-0.3, -0.25) is 4.79 Å². The monoisotopic (exact) mass is 187 g/mol. The largest absolute Gasteiger partial charge is 0.466 e. The molecule has 0 aromatic rings. The van der Waals surface area contributed by atoms with Crippen LogP contribution in [0.25, 0.3) is 0 Å². The minimum Gasteiger partial charge on any atom is -0.466 e. The molecule has 0 amide bonds. The lowest BCUT2D eigenvalue weighted by Gasteiger charge is -2.20. The Morgan fingerprint density at radius 2 is 2.46 bits per heavy atom. The number of ether oxygens (including phenoxy) is 2. The zero-order chi connectivity index (χ0) is 9.90. The number of hydrogen-bond donors (Lipinski definition) is 1. The van der Waals surface area contributed by atoms with Crippen LogP contribution >= 0.6 is 0 Å². The summed E-state index contributed by atoms with van der Waals surface area (Å²) in [6.07, 6.45) is 1.14. The summed E-state index contributed by atoms with van der Waals surface area (Å²) in [6, 6.07) is 0. The molecule has 0 spiro atoms. The molecular formula is C9H17NO3. The number of esters is 1. The third-order valence-corrected chi connectivity index (χ3v) is 2.15. The van der Waals surface area contributed by atoms with Gasteiger partial charge in [0.25, 0.3) is 0 Å². The molecule has 2 atom stereocenters. The smallest absolute Gasteiger partial charge is 0.307 e. The Bertz CT molecular complexity index is 195. The van der Waals surface area contributed by atoms with E-state index < -0.39 is 5.54 Å². The number of hydrogen-bond acceptors (Lipinski definition) is 4. The molecule has 0 saturated carbocycles. The van der Waals surface area contributed by atoms with Crippen molar-refractivity contribution in [2.75, 3.05) is 13.2 Å². The van der Waals surface area contributed by atoms with Crippen molar-refractivity contribution in [3.8, 4) is 0 Å². The van der Waals surface area contributed by atoms with Crippen LogP contribution in [0.4, 0.5) is 0 Å². The lowest BCUT2D eigenvalue weighted by molar-refractivity contribution is -0.144. The lowest BCUT2D eigenvalue weighted by atomic mass is 9.94. The van der Waals surface area contributed by atoms with E-state index in [0.717, 1.165) is 6.42 Å². The lowest BCUT2D eigenvalue weighted by Crippen LogP contribution is -2.43. The topological polar surface area (TPSA) is 61.5 Å². The van der Waals surface area contributed by atoms with Gasteiger partial charge in [-0.05, 0) is 20.3 Å². The SMILES string of the molecule is CCOC(=O)CC1(N)COC(C)C1. The Morgan fingerprint density at radius 3 is 2.92 bits per heavy atom. The summed E-state index contributed by atoms with van der Waals surface area (Å²) < 4.78 is 10.1. The zero-order valence-electron chi connectivity index (χ0n) is 8.21. The molecule has 0 aromatic heterocycles. The zero-order valence-corrected chi connectivity index (χ0v) is 8.21. The Morgan fingerprint density at radius 1 is 1.77 bits per heavy atom. The van der Waals surface area contributed by atoms with Gasteiger partial charge in [0.2, 0.25) is 0 Å². The third-order valence-electron chi connectivity index (χ3n) is 2.15. The molecule has 1 aliphatic rings. The molecule has 76 valence electrons. The van der Waals surface area contributed by atoms with Crippen LogP contribution in [0.5, 0.6) is 0 Å². The van der Waals surface area contributed by atoms with E-state index in [2.05, 4.69) is 0 Å². The summed E-state index contributed by atoms with van der Waals surface area (Å²) in [5, 5.41) is 0. The van der Waals surface area contributed by atoms with Gasteiger partial charge in [0.1, 0.15) is 0 Å². The van der Waals surface area contributed by atoms with E-state index in [1.807, 2.05) is 6.92 Å². The fraction of sp³-hybridized carbons (Fsp3) is 0.889. The van der Waals surface area contributed by atoms with E-state index in [1.54, 1.807) is 6.92 Å². The van der Waals surface area contributed by atoms with Crippen molar-refractivity contribution in [3.05, 3.63) is 0 Å². The molecule has 2 N–H and O–H groups in total. The number of nitrogens with two attached hydrogens (primary N) is 1. The Hall–Kier alpha value is -0.610. The van der Waals surface area contributed by atoms with E-state index in [1.165, 1.54) is 0 Å². The van der Waals surface area contributed by atoms with E-state index >= 15 is 0 Å². The van der Waals surface area contributed by atoms with E-state index in [-0.39, 0.29) is 18.5 Å². The van der Waals surface area contributed by atoms with Gasteiger partial charge in [0.05, 0.1) is 31.3 Å². The van der Waals surface area contributed by atoms with E-state index in [0.29, 0.717) is 13.2 Å². The molecule has 4 heteroatoms. The summed E-state index contributed by atoms with van der Waals surface area (Å²) in [5.74, 6) is -0.234. The standard InChI is InChI=1S/C9H17NO3/c1-3-12-8(11)5-9(10)4-7(2)13-6-9/h7H,3-6,10H2,1-2H3. The fourth-order valence-corrected chi connectivity index (χ4v) is 1.62. The van der Waals surface area contributed by atoms with Gasteiger partial charge in [0, 0.05) is 0 Å². The Balaban J connectivity index is 2.39. The summed E-state index contributed by atoms with van der Waals surface area (Å²) in [4.78, 5) is 11.2. The summed E-state index contributed by atoms with van der Waals surface area (Å²) >= 11 is 0. The molecule has 1 aliphatic heterocycles. The first-order chi connectivity index (χ1) is 6.06. The van der Waals surface area contributed by atoms with Gasteiger partial charge in [-0.15, -0.1) is 0 Å². The number of carbonyl (C=O) groups is 1. The Labute approximate surface area is 78.4 Å². The predicted octanol–water partition coefficient (Wildman–Crippen LogP) is 0.446. The van der Waals surface area contributed by atoms with Crippen LogP contribution in [0, 0.1) is 0 Å². The first-order valence-corrected chi connectivity index (χ1v) is 4.62. The molecule has 0 aliphatic carbocycles. The van der Waals surface area contributed by atoms with Crippen LogP contribution in [0.1, 0.15) is 26.7 Å². The minimum atomic E-state index is -0.508. The summed E-state index contributed by atoms with van der Waals surface area (Å²) in [7, 11) is 0. The van der Waals surface area contributed by atoms with Crippen molar-refractivity contribution in [3.63, 3.8) is 0 Å². The van der Waals surface area contributed by atoms with Crippen molar-refractivity contribution in [1.82, 2.24) is 0 Å². The summed E-state index contributed by atoms with van der Waals surface area (Å²) in [6.45, 7) is 4.60. The number of rotatable bonds is 3. The van der Waals surface area contributed by atoms with Crippen LogP contribution in [0.15, 0.2) is 0 Å². The molecule has 2 unspecified atom stereocenters. The molecule has 1 saturated heterocycles. The summed E-state index contributed by atoms with van der Waals surface area (Å²) in [5.41, 5.74) is 5.45. The van der Waals surface area contributed by atoms with Crippen LogP contribution in [-0.2, 0) is 14.3 Å². The molecule has 0 bridgehead atoms. The van der Waals surface area contributed by atoms with Gasteiger partial charge in [-0.25, -0.2) is 0 Å². The maximum atomic E-state index is 11.2. The molecular weight excluding hydrogens is 170 g/mol. The van der Waals surface area contributed by atoms with Gasteiger partial charge < -0.3 is 15.2 Å². The molecule has 0 aromatic carbocycles. The average molecular weight is 187 g/mol. The van der Waals surface area contributed by atoms with Crippen LogP contribution in [0.3, 0.4) is 0 Å². The molecule has 1 fully saturated rings. The fourth-order valence-electron chi connectivity index (χ4n) is 1.62. The highest BCUT2D eigenvalue weighted by molar-refractivity contribution is 5.71. The van der Waals surface area contributed by atoms with E-state index in [4.69, 9.17) is 15.2 Å². The molecule has 4 nitrogen and oxygen atoms in total. The van der Waals surface area contributed by atoms with Gasteiger partial charge in [-0.2, -0.15) is 0 Å². The van der Waals surface area contributed by atoms with Crippen LogP contribution in [0.2, 0.25) is 0 Å². The molecule has 13 heavy (non-hydrogen) atoms. The highest BCUT2D eigenvalue weighted by Crippen LogP contribution is 2.24. The number of carbonyl (C=O) groups excluding carboxylic acids is 1. The van der Waals surface area contributed by atoms with E-state index in [9.17, 15) is 4.79 Å². The highest BCUT2D eigenvalue weighted by Gasteiger charge is 2.37. The maximum absolute atomic E-state index is 11.2. The molecule has 0 radical (unpaired) electrons. The third kappa shape index (κ3) is 2.97. The highest BCUT2D eigenvalue weighted by atomic mass is 16.5. The van der Waals surface area contributed by atoms with Crippen molar-refractivity contribution in [2.24, 2.45) is 5.73 Å². The van der Waals surface area contributed by atoms with Gasteiger partial charge >= 0.3 is 5.97 Å². The van der Waals surface area contributed by atoms with Gasteiger partial charge in [0.15, 0.2) is 0 Å². The first kappa shape index (κ1) is 10.5.